The summed E-state index contributed by atoms with van der Waals surface area (Å²) in [4.78, 5) is 27.4. The van der Waals surface area contributed by atoms with E-state index in [-0.39, 0.29) is 12.1 Å². The molecule has 0 aliphatic carbocycles. The van der Waals surface area contributed by atoms with Crippen LogP contribution in [-0.4, -0.2) is 78.3 Å². The number of nitrogens with zero attached hydrogens (tertiary/aromatic N) is 5. The van der Waals surface area contributed by atoms with E-state index in [0.717, 1.165) is 37.4 Å². The van der Waals surface area contributed by atoms with Gasteiger partial charge in [0.25, 0.3) is 0 Å². The average Bonchev–Trinajstić information content (AvgIpc) is 2.62. The van der Waals surface area contributed by atoms with E-state index < -0.39 is 0 Å². The Bertz CT molecular complexity index is 530. The largest absolute Gasteiger partial charge is 0.378 e. The lowest BCUT2D eigenvalue weighted by atomic mass is 10.1. The van der Waals surface area contributed by atoms with Gasteiger partial charge in [0.05, 0.1) is 13.2 Å². The number of carbonyl (C=O) groups is 1. The fourth-order valence-electron chi connectivity index (χ4n) is 3.13. The summed E-state index contributed by atoms with van der Waals surface area (Å²) < 4.78 is 5.33. The molecule has 1 aromatic rings. The van der Waals surface area contributed by atoms with Crippen molar-refractivity contribution >= 4 is 12.0 Å². The van der Waals surface area contributed by atoms with Crippen molar-refractivity contribution in [1.29, 1.82) is 0 Å². The smallest absolute Gasteiger partial charge is 0.320 e. The lowest BCUT2D eigenvalue weighted by Gasteiger charge is -2.40. The van der Waals surface area contributed by atoms with E-state index in [9.17, 15) is 4.79 Å². The van der Waals surface area contributed by atoms with Crippen molar-refractivity contribution in [3.63, 3.8) is 0 Å². The van der Waals surface area contributed by atoms with E-state index in [4.69, 9.17) is 4.74 Å². The number of likely N-dealkylation sites (N-methyl/N-ethyl adjacent to an activating group) is 1. The molecule has 2 aliphatic rings. The molecule has 0 N–H and O–H groups in total. The second-order valence-electron chi connectivity index (χ2n) is 6.30. The zero-order valence-electron chi connectivity index (χ0n) is 13.9. The number of hydrogen-bond donors (Lipinski definition) is 0. The van der Waals surface area contributed by atoms with E-state index in [1.165, 1.54) is 0 Å². The molecule has 23 heavy (non-hydrogen) atoms. The maximum Gasteiger partial charge on any atom is 0.320 e. The number of urea groups is 1. The Morgan fingerprint density at radius 3 is 2.61 bits per heavy atom. The van der Waals surface area contributed by atoms with Crippen molar-refractivity contribution in [2.24, 2.45) is 0 Å². The topological polar surface area (TPSA) is 61.8 Å². The van der Waals surface area contributed by atoms with Crippen molar-refractivity contribution in [2.75, 3.05) is 51.3 Å². The van der Waals surface area contributed by atoms with Crippen LogP contribution in [0.5, 0.6) is 0 Å². The quantitative estimate of drug-likeness (QED) is 0.818. The maximum atomic E-state index is 12.6. The first kappa shape index (κ1) is 16.0. The molecule has 3 rings (SSSR count). The Morgan fingerprint density at radius 1 is 1.22 bits per heavy atom. The molecule has 0 spiro atoms. The number of amides is 2. The third kappa shape index (κ3) is 3.72. The number of hydrogen-bond acceptors (Lipinski definition) is 5. The number of ether oxygens (including phenoxy) is 1. The summed E-state index contributed by atoms with van der Waals surface area (Å²) in [5.74, 6) is 0.723. The van der Waals surface area contributed by atoms with Crippen LogP contribution in [0.3, 0.4) is 0 Å². The molecule has 2 saturated heterocycles. The highest BCUT2D eigenvalue weighted by Crippen LogP contribution is 2.19. The highest BCUT2D eigenvalue weighted by molar-refractivity contribution is 5.74. The Kier molecular flexibility index (Phi) is 4.95. The highest BCUT2D eigenvalue weighted by atomic mass is 16.5. The molecule has 0 saturated carbocycles. The number of carbonyl (C=O) groups excluding carboxylic acids is 1. The molecule has 2 amide bonds. The molecule has 3 heterocycles. The molecule has 7 nitrogen and oxygen atoms in total. The van der Waals surface area contributed by atoms with Gasteiger partial charge < -0.3 is 19.4 Å². The Labute approximate surface area is 137 Å². The van der Waals surface area contributed by atoms with Crippen molar-refractivity contribution in [2.45, 2.75) is 25.8 Å². The normalized spacial score (nSPS) is 22.1. The molecule has 0 aromatic carbocycles. The van der Waals surface area contributed by atoms with Crippen molar-refractivity contribution in [3.05, 3.63) is 18.0 Å². The Hall–Kier alpha value is -1.89. The first-order valence-corrected chi connectivity index (χ1v) is 8.28. The number of rotatable bonds is 2. The summed E-state index contributed by atoms with van der Waals surface area (Å²) in [6.07, 6.45) is 5.73. The van der Waals surface area contributed by atoms with Gasteiger partial charge >= 0.3 is 6.03 Å². The molecular weight excluding hydrogens is 294 g/mol. The minimum absolute atomic E-state index is 0.135. The van der Waals surface area contributed by atoms with Crippen LogP contribution in [0.1, 0.15) is 18.4 Å². The van der Waals surface area contributed by atoms with Gasteiger partial charge in [-0.05, 0) is 25.3 Å². The van der Waals surface area contributed by atoms with Crippen LogP contribution in [0.2, 0.25) is 0 Å². The van der Waals surface area contributed by atoms with E-state index in [2.05, 4.69) is 14.9 Å². The number of aromatic nitrogens is 2. The summed E-state index contributed by atoms with van der Waals surface area (Å²) >= 11 is 0. The summed E-state index contributed by atoms with van der Waals surface area (Å²) in [5.41, 5.74) is 1.05. The van der Waals surface area contributed by atoms with Gasteiger partial charge in [-0.2, -0.15) is 0 Å². The third-order valence-electron chi connectivity index (χ3n) is 4.58. The van der Waals surface area contributed by atoms with Gasteiger partial charge in [0.2, 0.25) is 5.95 Å². The molecule has 126 valence electrons. The number of likely N-dealkylation sites (tertiary alicyclic amines) is 1. The van der Waals surface area contributed by atoms with E-state index >= 15 is 0 Å². The lowest BCUT2D eigenvalue weighted by Crippen LogP contribution is -2.54. The van der Waals surface area contributed by atoms with Crippen LogP contribution in [0.4, 0.5) is 10.7 Å². The predicted octanol–water partition coefficient (Wildman–Crippen LogP) is 1.14. The van der Waals surface area contributed by atoms with Gasteiger partial charge in [0.15, 0.2) is 0 Å². The lowest BCUT2D eigenvalue weighted by molar-refractivity contribution is 0.0409. The zero-order valence-corrected chi connectivity index (χ0v) is 13.9. The van der Waals surface area contributed by atoms with Gasteiger partial charge in [0.1, 0.15) is 0 Å². The monoisotopic (exact) mass is 319 g/mol. The third-order valence-corrected chi connectivity index (χ3v) is 4.58. The molecule has 1 unspecified atom stereocenters. The van der Waals surface area contributed by atoms with Crippen LogP contribution >= 0.6 is 0 Å². The molecular formula is C16H25N5O2. The number of anilines is 1. The second kappa shape index (κ2) is 7.12. The van der Waals surface area contributed by atoms with Crippen molar-refractivity contribution < 1.29 is 9.53 Å². The maximum absolute atomic E-state index is 12.6. The number of morpholine rings is 1. The molecule has 0 bridgehead atoms. The number of aryl methyl sites for hydroxylation is 1. The summed E-state index contributed by atoms with van der Waals surface area (Å²) in [7, 11) is 2.01. The zero-order chi connectivity index (χ0) is 16.2. The van der Waals surface area contributed by atoms with Crippen molar-refractivity contribution in [1.82, 2.24) is 19.8 Å². The Morgan fingerprint density at radius 2 is 1.91 bits per heavy atom. The second-order valence-corrected chi connectivity index (χ2v) is 6.30. The van der Waals surface area contributed by atoms with Gasteiger partial charge in [0, 0.05) is 51.7 Å². The molecule has 2 aliphatic heterocycles. The van der Waals surface area contributed by atoms with Gasteiger partial charge in [-0.1, -0.05) is 0 Å². The molecule has 0 radical (unpaired) electrons. The molecule has 1 atom stereocenters. The van der Waals surface area contributed by atoms with E-state index in [1.807, 2.05) is 36.2 Å². The minimum atomic E-state index is 0.135. The first-order chi connectivity index (χ1) is 11.1. The molecule has 1 aromatic heterocycles. The van der Waals surface area contributed by atoms with Crippen LogP contribution < -0.4 is 4.90 Å². The highest BCUT2D eigenvalue weighted by Gasteiger charge is 2.30. The molecule has 7 heteroatoms. The first-order valence-electron chi connectivity index (χ1n) is 8.28. The Balaban J connectivity index is 1.63. The molecule has 2 fully saturated rings. The standard InChI is InChI=1S/C16H25N5O2/c1-13-10-17-15(18-11-13)19(2)14-4-3-5-21(12-14)16(22)20-6-8-23-9-7-20/h10-11,14H,3-9,12H2,1-2H3. The summed E-state index contributed by atoms with van der Waals surface area (Å²) in [6.45, 7) is 6.19. The SMILES string of the molecule is Cc1cnc(N(C)C2CCCN(C(=O)N3CCOCC3)C2)nc1. The predicted molar refractivity (Wildman–Crippen MR) is 87.6 cm³/mol. The fraction of sp³-hybridized carbons (Fsp3) is 0.688. The summed E-state index contributed by atoms with van der Waals surface area (Å²) in [6, 6.07) is 0.396. The van der Waals surface area contributed by atoms with Crippen LogP contribution in [0.15, 0.2) is 12.4 Å². The van der Waals surface area contributed by atoms with E-state index in [1.54, 1.807) is 0 Å². The van der Waals surface area contributed by atoms with Crippen molar-refractivity contribution in [3.8, 4) is 0 Å². The number of piperidine rings is 1. The van der Waals surface area contributed by atoms with Gasteiger partial charge in [-0.25, -0.2) is 14.8 Å². The van der Waals surface area contributed by atoms with Crippen LogP contribution in [0, 0.1) is 6.92 Å². The van der Waals surface area contributed by atoms with Gasteiger partial charge in [-0.3, -0.25) is 0 Å². The van der Waals surface area contributed by atoms with Crippen LogP contribution in [-0.2, 0) is 4.74 Å². The minimum Gasteiger partial charge on any atom is -0.378 e. The van der Waals surface area contributed by atoms with E-state index in [0.29, 0.717) is 26.3 Å². The van der Waals surface area contributed by atoms with Gasteiger partial charge in [-0.15, -0.1) is 0 Å². The van der Waals surface area contributed by atoms with Crippen LogP contribution in [0.25, 0.3) is 0 Å². The average molecular weight is 319 g/mol. The summed E-state index contributed by atoms with van der Waals surface area (Å²) in [5, 5.41) is 0. The fourth-order valence-corrected chi connectivity index (χ4v) is 3.13.